The average Bonchev–Trinajstić information content (AvgIpc) is 2.58. The van der Waals surface area contributed by atoms with E-state index in [1.807, 2.05) is 0 Å². The summed E-state index contributed by atoms with van der Waals surface area (Å²) in [6.07, 6.45) is 23.5. The fraction of sp³-hybridized carbons (Fsp3) is 0.682. The standard InChI is InChI=1S/C22H36O2/c1-3-5-6-7-8-9-10-11-12-13-14-15-16-17-18-19-20-21-22(23)24-4-2/h8-9,11-12H,3-7,10,13-19H2,1-2H3/b9-8+,12-11+. The summed E-state index contributed by atoms with van der Waals surface area (Å²) in [5.41, 5.74) is 0. The number of carbonyl (C=O) groups is 1. The van der Waals surface area contributed by atoms with E-state index in [0.717, 1.165) is 19.3 Å². The van der Waals surface area contributed by atoms with E-state index < -0.39 is 5.97 Å². The number of rotatable bonds is 14. The van der Waals surface area contributed by atoms with Gasteiger partial charge < -0.3 is 4.74 Å². The molecule has 0 saturated heterocycles. The molecule has 24 heavy (non-hydrogen) atoms. The van der Waals surface area contributed by atoms with Gasteiger partial charge in [0.15, 0.2) is 0 Å². The van der Waals surface area contributed by atoms with Gasteiger partial charge in [-0.1, -0.05) is 69.3 Å². The third-order valence-corrected chi connectivity index (χ3v) is 3.72. The van der Waals surface area contributed by atoms with Crippen molar-refractivity contribution in [2.24, 2.45) is 0 Å². The van der Waals surface area contributed by atoms with Crippen LogP contribution in [0.2, 0.25) is 0 Å². The molecule has 0 aromatic carbocycles. The van der Waals surface area contributed by atoms with Gasteiger partial charge in [-0.3, -0.25) is 0 Å². The second kappa shape index (κ2) is 19.6. The third-order valence-electron chi connectivity index (χ3n) is 3.72. The first-order chi connectivity index (χ1) is 11.8. The Kier molecular flexibility index (Phi) is 18.3. The molecule has 2 heteroatoms. The number of esters is 1. The lowest BCUT2D eigenvalue weighted by Gasteiger charge is -1.97. The highest BCUT2D eigenvalue weighted by molar-refractivity contribution is 5.88. The van der Waals surface area contributed by atoms with Gasteiger partial charge in [-0.15, -0.1) is 0 Å². The lowest BCUT2D eigenvalue weighted by molar-refractivity contribution is -0.136. The Balaban J connectivity index is 3.30. The maximum atomic E-state index is 11.0. The minimum atomic E-state index is -0.403. The summed E-state index contributed by atoms with van der Waals surface area (Å²) in [6.45, 7) is 4.43. The van der Waals surface area contributed by atoms with Crippen molar-refractivity contribution in [3.8, 4) is 11.8 Å². The van der Waals surface area contributed by atoms with Gasteiger partial charge in [-0.25, -0.2) is 4.79 Å². The molecule has 0 amide bonds. The fourth-order valence-electron chi connectivity index (χ4n) is 2.33. The Bertz CT molecular complexity index is 396. The van der Waals surface area contributed by atoms with Gasteiger partial charge in [0.1, 0.15) is 0 Å². The lowest BCUT2D eigenvalue weighted by Crippen LogP contribution is -1.99. The molecule has 0 bridgehead atoms. The van der Waals surface area contributed by atoms with Crippen molar-refractivity contribution in [1.29, 1.82) is 0 Å². The minimum absolute atomic E-state index is 0.400. The molecule has 0 aliphatic heterocycles. The van der Waals surface area contributed by atoms with Crippen molar-refractivity contribution in [2.75, 3.05) is 6.61 Å². The van der Waals surface area contributed by atoms with E-state index in [-0.39, 0.29) is 0 Å². The summed E-state index contributed by atoms with van der Waals surface area (Å²) in [6, 6.07) is 0. The molecule has 0 aromatic rings. The van der Waals surface area contributed by atoms with Crippen LogP contribution in [0.1, 0.15) is 90.9 Å². The van der Waals surface area contributed by atoms with Gasteiger partial charge in [0.25, 0.3) is 0 Å². The van der Waals surface area contributed by atoms with Crippen molar-refractivity contribution >= 4 is 5.97 Å². The zero-order valence-corrected chi connectivity index (χ0v) is 15.8. The monoisotopic (exact) mass is 332 g/mol. The van der Waals surface area contributed by atoms with E-state index in [4.69, 9.17) is 4.74 Å². The summed E-state index contributed by atoms with van der Waals surface area (Å²) in [5.74, 6) is 4.98. The molecular formula is C22H36O2. The predicted molar refractivity (Wildman–Crippen MR) is 104 cm³/mol. The average molecular weight is 333 g/mol. The first kappa shape index (κ1) is 22.5. The van der Waals surface area contributed by atoms with Crippen LogP contribution in [-0.4, -0.2) is 12.6 Å². The SMILES string of the molecule is CCCCC/C=C/C/C=C/CCCCCCCC#CC(=O)OCC. The molecule has 0 aromatic heterocycles. The van der Waals surface area contributed by atoms with Crippen LogP contribution >= 0.6 is 0 Å². The Morgan fingerprint density at radius 3 is 2.12 bits per heavy atom. The van der Waals surface area contributed by atoms with E-state index >= 15 is 0 Å². The van der Waals surface area contributed by atoms with E-state index in [1.165, 1.54) is 57.8 Å². The third kappa shape index (κ3) is 18.6. The molecule has 0 aliphatic carbocycles. The van der Waals surface area contributed by atoms with Crippen LogP contribution in [0.3, 0.4) is 0 Å². The topological polar surface area (TPSA) is 26.3 Å². The van der Waals surface area contributed by atoms with Gasteiger partial charge >= 0.3 is 5.97 Å². The van der Waals surface area contributed by atoms with Crippen LogP contribution in [0.15, 0.2) is 24.3 Å². The summed E-state index contributed by atoms with van der Waals surface area (Å²) in [5, 5.41) is 0. The van der Waals surface area contributed by atoms with Crippen LogP contribution in [0, 0.1) is 11.8 Å². The molecule has 2 nitrogen and oxygen atoms in total. The molecule has 0 rings (SSSR count). The van der Waals surface area contributed by atoms with E-state index in [1.54, 1.807) is 6.92 Å². The molecular weight excluding hydrogens is 296 g/mol. The number of unbranched alkanes of at least 4 members (excludes halogenated alkanes) is 9. The Morgan fingerprint density at radius 2 is 1.46 bits per heavy atom. The highest BCUT2D eigenvalue weighted by Crippen LogP contribution is 2.07. The molecule has 0 aliphatic rings. The second-order valence-corrected chi connectivity index (χ2v) is 6.00. The zero-order chi connectivity index (χ0) is 17.7. The van der Waals surface area contributed by atoms with Gasteiger partial charge in [-0.05, 0) is 45.4 Å². The normalized spacial score (nSPS) is 10.9. The van der Waals surface area contributed by atoms with E-state index in [0.29, 0.717) is 6.61 Å². The Hall–Kier alpha value is -1.49. The van der Waals surface area contributed by atoms with Crippen LogP contribution in [0.4, 0.5) is 0 Å². The van der Waals surface area contributed by atoms with Gasteiger partial charge in [0.2, 0.25) is 0 Å². The summed E-state index contributed by atoms with van der Waals surface area (Å²) in [7, 11) is 0. The summed E-state index contributed by atoms with van der Waals surface area (Å²) in [4.78, 5) is 11.0. The predicted octanol–water partition coefficient (Wildman–Crippen LogP) is 6.37. The molecule has 0 spiro atoms. The molecule has 0 radical (unpaired) electrons. The summed E-state index contributed by atoms with van der Waals surface area (Å²) >= 11 is 0. The van der Waals surface area contributed by atoms with Gasteiger partial charge in [0, 0.05) is 12.3 Å². The number of carbonyl (C=O) groups excluding carboxylic acids is 1. The number of ether oxygens (including phenoxy) is 1. The lowest BCUT2D eigenvalue weighted by atomic mass is 10.1. The van der Waals surface area contributed by atoms with Crippen molar-refractivity contribution in [2.45, 2.75) is 90.9 Å². The van der Waals surface area contributed by atoms with E-state index in [9.17, 15) is 4.79 Å². The van der Waals surface area contributed by atoms with Gasteiger partial charge in [0.05, 0.1) is 6.61 Å². The van der Waals surface area contributed by atoms with E-state index in [2.05, 4.69) is 43.1 Å². The smallest absolute Gasteiger partial charge is 0.384 e. The molecule has 0 heterocycles. The Labute approximate surface area is 149 Å². The van der Waals surface area contributed by atoms with Crippen LogP contribution < -0.4 is 0 Å². The molecule has 136 valence electrons. The molecule has 0 saturated carbocycles. The quantitative estimate of drug-likeness (QED) is 0.121. The fourth-order valence-corrected chi connectivity index (χ4v) is 2.33. The maximum Gasteiger partial charge on any atom is 0.384 e. The molecule has 0 atom stereocenters. The molecule has 0 N–H and O–H groups in total. The molecule has 0 fully saturated rings. The van der Waals surface area contributed by atoms with Crippen molar-refractivity contribution < 1.29 is 9.53 Å². The maximum absolute atomic E-state index is 11.0. The highest BCUT2D eigenvalue weighted by atomic mass is 16.5. The number of hydrogen-bond acceptors (Lipinski definition) is 2. The van der Waals surface area contributed by atoms with Crippen molar-refractivity contribution in [3.05, 3.63) is 24.3 Å². The first-order valence-electron chi connectivity index (χ1n) is 9.76. The van der Waals surface area contributed by atoms with Crippen LogP contribution in [0.5, 0.6) is 0 Å². The molecule has 0 unspecified atom stereocenters. The van der Waals surface area contributed by atoms with Crippen molar-refractivity contribution in [1.82, 2.24) is 0 Å². The second-order valence-electron chi connectivity index (χ2n) is 6.00. The van der Waals surface area contributed by atoms with Gasteiger partial charge in [-0.2, -0.15) is 0 Å². The zero-order valence-electron chi connectivity index (χ0n) is 15.8. The summed E-state index contributed by atoms with van der Waals surface area (Å²) < 4.78 is 4.75. The van der Waals surface area contributed by atoms with Crippen LogP contribution in [-0.2, 0) is 9.53 Å². The largest absolute Gasteiger partial charge is 0.456 e. The minimum Gasteiger partial charge on any atom is -0.456 e. The number of allylic oxidation sites excluding steroid dienone is 4. The number of hydrogen-bond donors (Lipinski definition) is 0. The first-order valence-corrected chi connectivity index (χ1v) is 9.76. The van der Waals surface area contributed by atoms with Crippen molar-refractivity contribution in [3.63, 3.8) is 0 Å². The Morgan fingerprint density at radius 1 is 0.833 bits per heavy atom. The highest BCUT2D eigenvalue weighted by Gasteiger charge is 1.92. The van der Waals surface area contributed by atoms with Crippen LogP contribution in [0.25, 0.3) is 0 Å².